The molecule has 0 aliphatic heterocycles. The molecule has 1 fully saturated rings. The molecule has 0 heterocycles. The minimum absolute atomic E-state index is 0.221. The van der Waals surface area contributed by atoms with Crippen LogP contribution in [0.1, 0.15) is 42.4 Å². The van der Waals surface area contributed by atoms with Crippen LogP contribution in [-0.4, -0.2) is 33.9 Å². The van der Waals surface area contributed by atoms with Crippen molar-refractivity contribution < 1.29 is 19.1 Å². The fourth-order valence-electron chi connectivity index (χ4n) is 4.01. The van der Waals surface area contributed by atoms with Gasteiger partial charge in [0, 0.05) is 25.2 Å². The molecule has 0 spiro atoms. The second-order valence-electron chi connectivity index (χ2n) is 7.96. The Hall–Kier alpha value is -1.69. The summed E-state index contributed by atoms with van der Waals surface area (Å²) in [4.78, 5) is 20.8. The fourth-order valence-corrected chi connectivity index (χ4v) is 4.70. The molecule has 7 heteroatoms. The van der Waals surface area contributed by atoms with Crippen molar-refractivity contribution in [2.24, 2.45) is 5.73 Å². The molecule has 4 N–H and O–H groups in total. The Bertz CT molecular complexity index is 829. The zero-order valence-corrected chi connectivity index (χ0v) is 17.8. The molecule has 0 radical (unpaired) electrons. The third-order valence-electron chi connectivity index (χ3n) is 5.57. The lowest BCUT2D eigenvalue weighted by molar-refractivity contribution is 0.134. The van der Waals surface area contributed by atoms with Crippen molar-refractivity contribution in [3.63, 3.8) is 0 Å². The molecular formula is C22H31N2O4P. The van der Waals surface area contributed by atoms with Gasteiger partial charge >= 0.3 is 7.60 Å². The molecule has 3 rings (SSSR count). The zero-order valence-electron chi connectivity index (χ0n) is 16.9. The third-order valence-corrected chi connectivity index (χ3v) is 6.35. The summed E-state index contributed by atoms with van der Waals surface area (Å²) in [6.45, 7) is 1.61. The van der Waals surface area contributed by atoms with Gasteiger partial charge < -0.3 is 20.3 Å². The molecular weight excluding hydrogens is 387 g/mol. The predicted molar refractivity (Wildman–Crippen MR) is 115 cm³/mol. The minimum Gasteiger partial charge on any atom is -0.497 e. The van der Waals surface area contributed by atoms with Gasteiger partial charge in [-0.1, -0.05) is 36.4 Å². The minimum atomic E-state index is -4.05. The smallest absolute Gasteiger partial charge is 0.329 e. The molecule has 158 valence electrons. The molecule has 1 aliphatic carbocycles. The maximum absolute atomic E-state index is 11.2. The van der Waals surface area contributed by atoms with E-state index < -0.39 is 7.60 Å². The van der Waals surface area contributed by atoms with Crippen LogP contribution in [0.25, 0.3) is 0 Å². The van der Waals surface area contributed by atoms with Gasteiger partial charge in [0.25, 0.3) is 0 Å². The van der Waals surface area contributed by atoms with Crippen LogP contribution >= 0.6 is 7.60 Å². The summed E-state index contributed by atoms with van der Waals surface area (Å²) < 4.78 is 16.6. The summed E-state index contributed by atoms with van der Waals surface area (Å²) >= 11 is 0. The molecule has 0 unspecified atom stereocenters. The van der Waals surface area contributed by atoms with Crippen LogP contribution in [0.5, 0.6) is 5.75 Å². The van der Waals surface area contributed by atoms with Gasteiger partial charge in [-0.3, -0.25) is 9.46 Å². The second kappa shape index (κ2) is 9.88. The number of benzene rings is 2. The van der Waals surface area contributed by atoms with Crippen LogP contribution in [0.2, 0.25) is 0 Å². The van der Waals surface area contributed by atoms with E-state index in [0.29, 0.717) is 17.6 Å². The molecule has 0 amide bonds. The molecule has 0 aromatic heterocycles. The lowest BCUT2D eigenvalue weighted by atomic mass is 9.90. The van der Waals surface area contributed by atoms with E-state index in [1.54, 1.807) is 7.11 Å². The van der Waals surface area contributed by atoms with Crippen LogP contribution in [0, 0.1) is 0 Å². The zero-order chi connectivity index (χ0) is 20.9. The highest BCUT2D eigenvalue weighted by Crippen LogP contribution is 2.39. The van der Waals surface area contributed by atoms with Crippen LogP contribution in [0.3, 0.4) is 0 Å². The maximum atomic E-state index is 11.2. The van der Waals surface area contributed by atoms with E-state index in [-0.39, 0.29) is 6.16 Å². The van der Waals surface area contributed by atoms with Crippen molar-refractivity contribution >= 4 is 7.60 Å². The molecule has 2 aromatic rings. The van der Waals surface area contributed by atoms with Crippen LogP contribution in [-0.2, 0) is 23.8 Å². The largest absolute Gasteiger partial charge is 0.497 e. The van der Waals surface area contributed by atoms with Crippen molar-refractivity contribution in [3.05, 3.63) is 65.2 Å². The Labute approximate surface area is 172 Å². The number of methoxy groups -OCH3 is 1. The lowest BCUT2D eigenvalue weighted by Crippen LogP contribution is -2.40. The van der Waals surface area contributed by atoms with Crippen molar-refractivity contribution in [2.45, 2.75) is 57.0 Å². The molecule has 0 atom stereocenters. The number of nitrogens with two attached hydrogens (primary N) is 1. The first kappa shape index (κ1) is 22.0. The third kappa shape index (κ3) is 6.95. The number of hydrogen-bond acceptors (Lipinski definition) is 4. The normalized spacial score (nSPS) is 20.0. The number of hydrogen-bond donors (Lipinski definition) is 3. The first-order chi connectivity index (χ1) is 13.8. The van der Waals surface area contributed by atoms with Crippen molar-refractivity contribution in [2.75, 3.05) is 7.11 Å². The highest BCUT2D eigenvalue weighted by molar-refractivity contribution is 7.50. The second-order valence-corrected chi connectivity index (χ2v) is 9.61. The predicted octanol–water partition coefficient (Wildman–Crippen LogP) is 3.65. The highest BCUT2D eigenvalue weighted by atomic mass is 31.2. The molecule has 2 aromatic carbocycles. The molecule has 29 heavy (non-hydrogen) atoms. The number of ether oxygens (including phenoxy) is 1. The maximum Gasteiger partial charge on any atom is 0.329 e. The summed E-state index contributed by atoms with van der Waals surface area (Å²) in [7, 11) is -2.37. The molecule has 0 bridgehead atoms. The van der Waals surface area contributed by atoms with Gasteiger partial charge in [0.2, 0.25) is 0 Å². The van der Waals surface area contributed by atoms with Crippen LogP contribution < -0.4 is 10.5 Å². The molecule has 1 saturated carbocycles. The van der Waals surface area contributed by atoms with E-state index >= 15 is 0 Å². The highest BCUT2D eigenvalue weighted by Gasteiger charge is 2.25. The summed E-state index contributed by atoms with van der Waals surface area (Å²) in [5.74, 6) is 0.856. The van der Waals surface area contributed by atoms with Gasteiger partial charge in [0.05, 0.1) is 13.3 Å². The summed E-state index contributed by atoms with van der Waals surface area (Å²) in [6, 6.07) is 16.5. The Morgan fingerprint density at radius 3 is 2.24 bits per heavy atom. The quantitative estimate of drug-likeness (QED) is 0.567. The van der Waals surface area contributed by atoms with Crippen molar-refractivity contribution in [1.82, 2.24) is 4.90 Å². The monoisotopic (exact) mass is 418 g/mol. The first-order valence-corrected chi connectivity index (χ1v) is 11.9. The van der Waals surface area contributed by atoms with Crippen molar-refractivity contribution in [1.29, 1.82) is 0 Å². The van der Waals surface area contributed by atoms with Gasteiger partial charge in [-0.25, -0.2) is 0 Å². The summed E-state index contributed by atoms with van der Waals surface area (Å²) in [5, 5.41) is 0. The standard InChI is InChI=1S/C22H31N2O4P/c1-28-22-4-2-3-19(13-22)15-24(21-11-9-20(23)10-12-21)14-17-5-7-18(8-6-17)16-29(25,26)27/h2-8,13,20-21H,9-12,14-16,23H2,1H3,(H2,25,26,27). The average molecular weight is 418 g/mol. The van der Waals surface area contributed by atoms with Gasteiger partial charge in [0.1, 0.15) is 5.75 Å². The van der Waals surface area contributed by atoms with E-state index in [9.17, 15) is 4.57 Å². The van der Waals surface area contributed by atoms with Gasteiger partial charge in [-0.2, -0.15) is 0 Å². The Kier molecular flexibility index (Phi) is 7.49. The fraction of sp³-hybridized carbons (Fsp3) is 0.455. The summed E-state index contributed by atoms with van der Waals surface area (Å²) in [5.41, 5.74) is 9.11. The van der Waals surface area contributed by atoms with E-state index in [1.165, 1.54) is 5.56 Å². The van der Waals surface area contributed by atoms with Gasteiger partial charge in [-0.05, 0) is 54.5 Å². The van der Waals surface area contributed by atoms with E-state index in [2.05, 4.69) is 17.0 Å². The van der Waals surface area contributed by atoms with Crippen LogP contribution in [0.4, 0.5) is 0 Å². The average Bonchev–Trinajstić information content (AvgIpc) is 2.68. The van der Waals surface area contributed by atoms with E-state index in [4.69, 9.17) is 20.3 Å². The molecule has 0 saturated heterocycles. The SMILES string of the molecule is COc1cccc(CN(Cc2ccc(CP(=O)(O)O)cc2)C2CCC(N)CC2)c1. The lowest BCUT2D eigenvalue weighted by Gasteiger charge is -2.36. The first-order valence-electron chi connectivity index (χ1n) is 10.1. The van der Waals surface area contributed by atoms with Gasteiger partial charge in [0.15, 0.2) is 0 Å². The molecule has 1 aliphatic rings. The molecule has 6 nitrogen and oxygen atoms in total. The van der Waals surface area contributed by atoms with Gasteiger partial charge in [-0.15, -0.1) is 0 Å². The van der Waals surface area contributed by atoms with Crippen LogP contribution in [0.15, 0.2) is 48.5 Å². The van der Waals surface area contributed by atoms with E-state index in [1.807, 2.05) is 36.4 Å². The van der Waals surface area contributed by atoms with E-state index in [0.717, 1.165) is 50.1 Å². The number of rotatable bonds is 8. The summed E-state index contributed by atoms with van der Waals surface area (Å²) in [6.07, 6.45) is 4.03. The Morgan fingerprint density at radius 1 is 1.00 bits per heavy atom. The Morgan fingerprint density at radius 2 is 1.62 bits per heavy atom. The topological polar surface area (TPSA) is 96.0 Å². The van der Waals surface area contributed by atoms with Crippen molar-refractivity contribution in [3.8, 4) is 5.75 Å². The number of nitrogens with zero attached hydrogens (tertiary/aromatic N) is 1. The Balaban J connectivity index is 1.74.